The second-order valence-corrected chi connectivity index (χ2v) is 7.19. The van der Waals surface area contributed by atoms with Crippen LogP contribution in [0.15, 0.2) is 78.4 Å². The molecule has 0 aliphatic carbocycles. The van der Waals surface area contributed by atoms with Crippen LogP contribution in [0.4, 0.5) is 15.8 Å². The molecule has 1 aliphatic rings. The number of aliphatic hydroxyl groups excluding tert-OH is 1. The molecule has 0 unspecified atom stereocenters. The van der Waals surface area contributed by atoms with Gasteiger partial charge in [-0.15, -0.1) is 0 Å². The first kappa shape index (κ1) is 21.7. The Morgan fingerprint density at radius 2 is 1.67 bits per heavy atom. The van der Waals surface area contributed by atoms with Crippen LogP contribution in [0, 0.1) is 15.9 Å². The van der Waals surface area contributed by atoms with Crippen molar-refractivity contribution in [3.8, 4) is 5.75 Å². The maximum Gasteiger partial charge on any atom is 0.300 e. The Morgan fingerprint density at radius 3 is 2.24 bits per heavy atom. The molecule has 1 heterocycles. The molecule has 8 nitrogen and oxygen atoms in total. The number of Topliss-reactive ketones (excluding diaryl/α,β-unsaturated/α-hetero) is 1. The number of nitrogens with zero attached hydrogens (tertiary/aromatic N) is 2. The molecule has 4 rings (SSSR count). The number of benzene rings is 3. The molecule has 33 heavy (non-hydrogen) atoms. The van der Waals surface area contributed by atoms with Crippen LogP contribution in [0.1, 0.15) is 17.2 Å². The maximum absolute atomic E-state index is 14.8. The highest BCUT2D eigenvalue weighted by Gasteiger charge is 2.47. The van der Waals surface area contributed by atoms with E-state index in [1.54, 1.807) is 30.3 Å². The van der Waals surface area contributed by atoms with Gasteiger partial charge < -0.3 is 9.84 Å². The molecule has 0 radical (unpaired) electrons. The number of halogens is 1. The number of ether oxygens (including phenoxy) is 1. The van der Waals surface area contributed by atoms with E-state index in [0.717, 1.165) is 17.0 Å². The standard InChI is InChI=1S/C24H17FN2O6/c1-33-17-12-10-15(11-13-17)26-21(18-4-2-3-5-19(18)25)20(23(29)24(26)30)22(28)14-6-8-16(9-7-14)27(31)32/h2-13,21,28H,1H3/t21-/m1/s1. The van der Waals surface area contributed by atoms with Gasteiger partial charge in [-0.25, -0.2) is 4.39 Å². The Bertz CT molecular complexity index is 1290. The lowest BCUT2D eigenvalue weighted by Gasteiger charge is -2.25. The molecular formula is C24H17FN2O6. The first-order chi connectivity index (χ1) is 15.8. The SMILES string of the molecule is COc1ccc(N2C(=O)C(=O)C(=C(O)c3ccc([N+](=O)[O-])cc3)[C@H]2c2ccccc2F)cc1. The van der Waals surface area contributed by atoms with Crippen LogP contribution in [-0.2, 0) is 9.59 Å². The summed E-state index contributed by atoms with van der Waals surface area (Å²) < 4.78 is 20.0. The Kier molecular flexibility index (Phi) is 5.61. The van der Waals surface area contributed by atoms with E-state index in [1.165, 1.54) is 37.4 Å². The summed E-state index contributed by atoms with van der Waals surface area (Å²) in [5.41, 5.74) is -0.148. The van der Waals surface area contributed by atoms with Crippen LogP contribution >= 0.6 is 0 Å². The Labute approximate surface area is 187 Å². The minimum Gasteiger partial charge on any atom is -0.507 e. The van der Waals surface area contributed by atoms with Crippen molar-refractivity contribution in [2.45, 2.75) is 6.04 Å². The Hall–Kier alpha value is -4.53. The monoisotopic (exact) mass is 448 g/mol. The van der Waals surface area contributed by atoms with Gasteiger partial charge in [-0.2, -0.15) is 0 Å². The van der Waals surface area contributed by atoms with E-state index >= 15 is 0 Å². The van der Waals surface area contributed by atoms with E-state index in [4.69, 9.17) is 4.74 Å². The number of methoxy groups -OCH3 is 1. The fraction of sp³-hybridized carbons (Fsp3) is 0.0833. The molecule has 3 aromatic rings. The molecule has 1 aliphatic heterocycles. The molecule has 1 N–H and O–H groups in total. The lowest BCUT2D eigenvalue weighted by atomic mass is 9.94. The molecule has 9 heteroatoms. The van der Waals surface area contributed by atoms with Gasteiger partial charge in [-0.1, -0.05) is 18.2 Å². The lowest BCUT2D eigenvalue weighted by Crippen LogP contribution is -2.29. The largest absolute Gasteiger partial charge is 0.507 e. The number of anilines is 1. The van der Waals surface area contributed by atoms with Gasteiger partial charge in [-0.05, 0) is 42.5 Å². The van der Waals surface area contributed by atoms with Crippen molar-refractivity contribution in [1.29, 1.82) is 0 Å². The minimum absolute atomic E-state index is 0.0102. The highest BCUT2D eigenvalue weighted by molar-refractivity contribution is 6.51. The van der Waals surface area contributed by atoms with E-state index in [-0.39, 0.29) is 22.4 Å². The van der Waals surface area contributed by atoms with Crippen molar-refractivity contribution in [2.24, 2.45) is 0 Å². The number of carbonyl (C=O) groups is 2. The predicted molar refractivity (Wildman–Crippen MR) is 117 cm³/mol. The fourth-order valence-electron chi connectivity index (χ4n) is 3.73. The molecule has 3 aromatic carbocycles. The third-order valence-corrected chi connectivity index (χ3v) is 5.35. The average molecular weight is 448 g/mol. The van der Waals surface area contributed by atoms with Crippen LogP contribution in [0.3, 0.4) is 0 Å². The first-order valence-corrected chi connectivity index (χ1v) is 9.77. The minimum atomic E-state index is -1.25. The zero-order chi connectivity index (χ0) is 23.7. The van der Waals surface area contributed by atoms with Gasteiger partial charge in [0.1, 0.15) is 17.3 Å². The second-order valence-electron chi connectivity index (χ2n) is 7.19. The van der Waals surface area contributed by atoms with Gasteiger partial charge in [0, 0.05) is 28.9 Å². The highest BCUT2D eigenvalue weighted by Crippen LogP contribution is 2.43. The number of hydrogen-bond donors (Lipinski definition) is 1. The topological polar surface area (TPSA) is 110 Å². The smallest absolute Gasteiger partial charge is 0.300 e. The third kappa shape index (κ3) is 3.80. The summed E-state index contributed by atoms with van der Waals surface area (Å²) in [6, 6.07) is 15.5. The van der Waals surface area contributed by atoms with Gasteiger partial charge in [-0.3, -0.25) is 24.6 Å². The van der Waals surface area contributed by atoms with Crippen molar-refractivity contribution < 1.29 is 28.7 Å². The molecule has 1 saturated heterocycles. The normalized spacial score (nSPS) is 17.3. The second kappa shape index (κ2) is 8.54. The van der Waals surface area contributed by atoms with Gasteiger partial charge in [0.15, 0.2) is 0 Å². The number of carbonyl (C=O) groups excluding carboxylic acids is 2. The average Bonchev–Trinajstić information content (AvgIpc) is 3.09. The van der Waals surface area contributed by atoms with Crippen molar-refractivity contribution in [3.63, 3.8) is 0 Å². The van der Waals surface area contributed by atoms with E-state index in [0.29, 0.717) is 11.4 Å². The van der Waals surface area contributed by atoms with Crippen molar-refractivity contribution in [3.05, 3.63) is 105 Å². The van der Waals surface area contributed by atoms with E-state index < -0.39 is 34.2 Å². The summed E-state index contributed by atoms with van der Waals surface area (Å²) in [6.07, 6.45) is 0. The van der Waals surface area contributed by atoms with Crippen LogP contribution < -0.4 is 9.64 Å². The van der Waals surface area contributed by atoms with Gasteiger partial charge in [0.25, 0.3) is 17.4 Å². The number of rotatable bonds is 5. The van der Waals surface area contributed by atoms with E-state index in [9.17, 15) is 29.2 Å². The zero-order valence-electron chi connectivity index (χ0n) is 17.3. The Morgan fingerprint density at radius 1 is 1.03 bits per heavy atom. The molecule has 1 atom stereocenters. The summed E-state index contributed by atoms with van der Waals surface area (Å²) in [5, 5.41) is 21.9. The number of nitro benzene ring substituents is 1. The predicted octanol–water partition coefficient (Wildman–Crippen LogP) is 4.37. The number of non-ortho nitro benzene ring substituents is 1. The van der Waals surface area contributed by atoms with E-state index in [1.807, 2.05) is 0 Å². The summed E-state index contributed by atoms with van der Waals surface area (Å²) in [5.74, 6) is -2.67. The number of hydrogen-bond acceptors (Lipinski definition) is 6. The number of nitro groups is 1. The van der Waals surface area contributed by atoms with Crippen molar-refractivity contribution in [1.82, 2.24) is 0 Å². The molecule has 0 bridgehead atoms. The van der Waals surface area contributed by atoms with Crippen LogP contribution in [0.2, 0.25) is 0 Å². The molecule has 1 amide bonds. The van der Waals surface area contributed by atoms with Gasteiger partial charge in [0.05, 0.1) is 23.6 Å². The summed E-state index contributed by atoms with van der Waals surface area (Å²) in [4.78, 5) is 37.5. The van der Waals surface area contributed by atoms with Gasteiger partial charge in [0.2, 0.25) is 0 Å². The number of ketones is 1. The highest BCUT2D eigenvalue weighted by atomic mass is 19.1. The quantitative estimate of drug-likeness (QED) is 0.204. The van der Waals surface area contributed by atoms with Crippen LogP contribution in [-0.4, -0.2) is 28.8 Å². The molecule has 1 fully saturated rings. The molecule has 0 saturated carbocycles. The van der Waals surface area contributed by atoms with Crippen molar-refractivity contribution >= 4 is 28.8 Å². The maximum atomic E-state index is 14.8. The van der Waals surface area contributed by atoms with Crippen molar-refractivity contribution in [2.75, 3.05) is 12.0 Å². The number of aliphatic hydroxyl groups is 1. The molecular weight excluding hydrogens is 431 g/mol. The molecule has 166 valence electrons. The number of amides is 1. The van der Waals surface area contributed by atoms with Crippen LogP contribution in [0.5, 0.6) is 5.75 Å². The molecule has 0 spiro atoms. The Balaban J connectivity index is 1.91. The third-order valence-electron chi connectivity index (χ3n) is 5.35. The fourth-order valence-corrected chi connectivity index (χ4v) is 3.73. The van der Waals surface area contributed by atoms with Gasteiger partial charge >= 0.3 is 0 Å². The molecule has 0 aromatic heterocycles. The first-order valence-electron chi connectivity index (χ1n) is 9.77. The summed E-state index contributed by atoms with van der Waals surface area (Å²) >= 11 is 0. The lowest BCUT2D eigenvalue weighted by molar-refractivity contribution is -0.384. The summed E-state index contributed by atoms with van der Waals surface area (Å²) in [6.45, 7) is 0. The zero-order valence-corrected chi connectivity index (χ0v) is 17.3. The van der Waals surface area contributed by atoms with E-state index in [2.05, 4.69) is 0 Å². The van der Waals surface area contributed by atoms with Crippen LogP contribution in [0.25, 0.3) is 5.76 Å². The summed E-state index contributed by atoms with van der Waals surface area (Å²) in [7, 11) is 1.48.